The molecule has 14 heavy (non-hydrogen) atoms. The Labute approximate surface area is 85.7 Å². The van der Waals surface area contributed by atoms with E-state index in [1.54, 1.807) is 0 Å². The fraction of sp³-hybridized carbons (Fsp3) is 0.500. The predicted octanol–water partition coefficient (Wildman–Crippen LogP) is 2.38. The van der Waals surface area contributed by atoms with E-state index >= 15 is 0 Å². The summed E-state index contributed by atoms with van der Waals surface area (Å²) < 4.78 is 0. The summed E-state index contributed by atoms with van der Waals surface area (Å²) in [7, 11) is 2.04. The molecule has 1 atom stereocenters. The highest BCUT2D eigenvalue weighted by Crippen LogP contribution is 2.31. The Morgan fingerprint density at radius 3 is 2.71 bits per heavy atom. The summed E-state index contributed by atoms with van der Waals surface area (Å²) in [5.41, 5.74) is 5.47. The maximum Gasteiger partial charge on any atom is 0.0391 e. The number of fused-ring (bicyclic) bond motifs is 1. The van der Waals surface area contributed by atoms with Gasteiger partial charge in [-0.25, -0.2) is 0 Å². The van der Waals surface area contributed by atoms with Crippen molar-refractivity contribution in [3.63, 3.8) is 0 Å². The molecule has 1 aromatic rings. The molecule has 0 amide bonds. The number of nitrogens with one attached hydrogen (secondary N) is 2. The van der Waals surface area contributed by atoms with Crippen molar-refractivity contribution in [2.45, 2.75) is 26.3 Å². The third-order valence-electron chi connectivity index (χ3n) is 3.14. The van der Waals surface area contributed by atoms with Gasteiger partial charge in [-0.3, -0.25) is 0 Å². The van der Waals surface area contributed by atoms with Crippen molar-refractivity contribution in [1.29, 1.82) is 0 Å². The molecule has 2 heteroatoms. The highest BCUT2D eigenvalue weighted by molar-refractivity contribution is 5.58. The molecule has 1 unspecified atom stereocenters. The maximum absolute atomic E-state index is 3.45. The van der Waals surface area contributed by atoms with E-state index in [1.165, 1.54) is 28.8 Å². The zero-order valence-electron chi connectivity index (χ0n) is 9.15. The molecule has 0 aromatic heterocycles. The Morgan fingerprint density at radius 2 is 2.00 bits per heavy atom. The van der Waals surface area contributed by atoms with Gasteiger partial charge in [0.25, 0.3) is 0 Å². The molecule has 0 saturated carbocycles. The van der Waals surface area contributed by atoms with Gasteiger partial charge < -0.3 is 10.6 Å². The Balaban J connectivity index is 2.47. The minimum Gasteiger partial charge on any atom is -0.385 e. The van der Waals surface area contributed by atoms with Crippen LogP contribution in [-0.2, 0) is 0 Å². The molecule has 2 N–H and O–H groups in total. The molecule has 1 aromatic carbocycles. The van der Waals surface area contributed by atoms with Crippen molar-refractivity contribution in [3.05, 3.63) is 28.8 Å². The first-order valence-electron chi connectivity index (χ1n) is 5.24. The number of hydrogen-bond acceptors (Lipinski definition) is 2. The topological polar surface area (TPSA) is 24.1 Å². The summed E-state index contributed by atoms with van der Waals surface area (Å²) in [4.78, 5) is 0. The molecule has 2 rings (SSSR count). The molecule has 0 bridgehead atoms. The van der Waals surface area contributed by atoms with Gasteiger partial charge in [-0.1, -0.05) is 6.07 Å². The second kappa shape index (κ2) is 3.62. The van der Waals surface area contributed by atoms with Crippen LogP contribution in [0.25, 0.3) is 0 Å². The first kappa shape index (κ1) is 9.53. The van der Waals surface area contributed by atoms with E-state index in [4.69, 9.17) is 0 Å². The number of benzene rings is 1. The van der Waals surface area contributed by atoms with E-state index in [9.17, 15) is 0 Å². The lowest BCUT2D eigenvalue weighted by Crippen LogP contribution is -2.25. The van der Waals surface area contributed by atoms with Gasteiger partial charge in [0, 0.05) is 18.3 Å². The third-order valence-corrected chi connectivity index (χ3v) is 3.14. The largest absolute Gasteiger partial charge is 0.385 e. The van der Waals surface area contributed by atoms with Crippen LogP contribution in [0.5, 0.6) is 0 Å². The average Bonchev–Trinajstić information content (AvgIpc) is 2.19. The van der Waals surface area contributed by atoms with E-state index in [1.807, 2.05) is 7.05 Å². The molecule has 1 aliphatic heterocycles. The molecule has 1 aliphatic rings. The normalized spacial score (nSPS) is 20.1. The van der Waals surface area contributed by atoms with Crippen LogP contribution in [0, 0.1) is 13.8 Å². The number of hydrogen-bond donors (Lipinski definition) is 2. The summed E-state index contributed by atoms with van der Waals surface area (Å²) in [6.07, 6.45) is 1.17. The Hall–Kier alpha value is -1.02. The number of aryl methyl sites for hydroxylation is 2. The summed E-state index contributed by atoms with van der Waals surface area (Å²) >= 11 is 0. The molecule has 76 valence electrons. The van der Waals surface area contributed by atoms with Crippen molar-refractivity contribution < 1.29 is 0 Å². The standard InChI is InChI=1S/C12H18N2/c1-8-6-10-11(13-3)4-5-14-12(10)7-9(8)2/h6-7,11,13-14H,4-5H2,1-3H3. The van der Waals surface area contributed by atoms with E-state index in [0.717, 1.165) is 6.54 Å². The lowest BCUT2D eigenvalue weighted by atomic mass is 9.94. The zero-order chi connectivity index (χ0) is 10.1. The average molecular weight is 190 g/mol. The van der Waals surface area contributed by atoms with Gasteiger partial charge in [0.1, 0.15) is 0 Å². The molecule has 0 radical (unpaired) electrons. The van der Waals surface area contributed by atoms with E-state index in [2.05, 4.69) is 36.6 Å². The number of rotatable bonds is 1. The van der Waals surface area contributed by atoms with Gasteiger partial charge in [-0.2, -0.15) is 0 Å². The van der Waals surface area contributed by atoms with Gasteiger partial charge in [0.05, 0.1) is 0 Å². The third kappa shape index (κ3) is 1.50. The van der Waals surface area contributed by atoms with E-state index in [-0.39, 0.29) is 0 Å². The molecule has 0 spiro atoms. The van der Waals surface area contributed by atoms with Gasteiger partial charge in [-0.05, 0) is 50.1 Å². The molecular formula is C12H18N2. The zero-order valence-corrected chi connectivity index (χ0v) is 9.15. The predicted molar refractivity (Wildman–Crippen MR) is 60.8 cm³/mol. The first-order valence-corrected chi connectivity index (χ1v) is 5.24. The lowest BCUT2D eigenvalue weighted by molar-refractivity contribution is 0.551. The Kier molecular flexibility index (Phi) is 2.46. The summed E-state index contributed by atoms with van der Waals surface area (Å²) in [6.45, 7) is 5.41. The summed E-state index contributed by atoms with van der Waals surface area (Å²) in [6, 6.07) is 5.08. The monoisotopic (exact) mass is 190 g/mol. The highest BCUT2D eigenvalue weighted by atomic mass is 15.0. The molecule has 1 heterocycles. The van der Waals surface area contributed by atoms with Gasteiger partial charge >= 0.3 is 0 Å². The van der Waals surface area contributed by atoms with Crippen molar-refractivity contribution >= 4 is 5.69 Å². The van der Waals surface area contributed by atoms with Crippen LogP contribution in [0.2, 0.25) is 0 Å². The van der Waals surface area contributed by atoms with Crippen molar-refractivity contribution in [2.75, 3.05) is 18.9 Å². The maximum atomic E-state index is 3.45. The highest BCUT2D eigenvalue weighted by Gasteiger charge is 2.18. The SMILES string of the molecule is CNC1CCNc2cc(C)c(C)cc21. The van der Waals surface area contributed by atoms with Gasteiger partial charge in [-0.15, -0.1) is 0 Å². The fourth-order valence-electron chi connectivity index (χ4n) is 2.09. The van der Waals surface area contributed by atoms with Crippen LogP contribution in [0.15, 0.2) is 12.1 Å². The quantitative estimate of drug-likeness (QED) is 0.710. The van der Waals surface area contributed by atoms with Crippen molar-refractivity contribution in [1.82, 2.24) is 5.32 Å². The smallest absolute Gasteiger partial charge is 0.0391 e. The first-order chi connectivity index (χ1) is 6.72. The minimum atomic E-state index is 0.519. The van der Waals surface area contributed by atoms with Crippen LogP contribution < -0.4 is 10.6 Å². The Morgan fingerprint density at radius 1 is 1.29 bits per heavy atom. The van der Waals surface area contributed by atoms with Gasteiger partial charge in [0.15, 0.2) is 0 Å². The second-order valence-electron chi connectivity index (χ2n) is 4.08. The lowest BCUT2D eigenvalue weighted by Gasteiger charge is -2.27. The van der Waals surface area contributed by atoms with Crippen LogP contribution in [0.1, 0.15) is 29.2 Å². The van der Waals surface area contributed by atoms with Crippen LogP contribution in [0.4, 0.5) is 5.69 Å². The van der Waals surface area contributed by atoms with E-state index < -0.39 is 0 Å². The van der Waals surface area contributed by atoms with Crippen LogP contribution >= 0.6 is 0 Å². The molecule has 0 fully saturated rings. The summed E-state index contributed by atoms with van der Waals surface area (Å²) in [5, 5.41) is 6.82. The van der Waals surface area contributed by atoms with Crippen LogP contribution in [-0.4, -0.2) is 13.6 Å². The van der Waals surface area contributed by atoms with E-state index in [0.29, 0.717) is 6.04 Å². The second-order valence-corrected chi connectivity index (χ2v) is 4.08. The van der Waals surface area contributed by atoms with Crippen molar-refractivity contribution in [3.8, 4) is 0 Å². The molecule has 2 nitrogen and oxygen atoms in total. The van der Waals surface area contributed by atoms with Crippen molar-refractivity contribution in [2.24, 2.45) is 0 Å². The summed E-state index contributed by atoms with van der Waals surface area (Å²) in [5.74, 6) is 0. The number of anilines is 1. The molecule has 0 aliphatic carbocycles. The molecular weight excluding hydrogens is 172 g/mol. The van der Waals surface area contributed by atoms with Crippen LogP contribution in [0.3, 0.4) is 0 Å². The van der Waals surface area contributed by atoms with Gasteiger partial charge in [0.2, 0.25) is 0 Å². The fourth-order valence-corrected chi connectivity index (χ4v) is 2.09. The minimum absolute atomic E-state index is 0.519. The Bertz CT molecular complexity index is 344. The molecule has 0 saturated heterocycles.